The first-order valence-electron chi connectivity index (χ1n) is 7.41. The first-order valence-corrected chi connectivity index (χ1v) is 7.79. The van der Waals surface area contributed by atoms with Crippen LogP contribution in [0.4, 0.5) is 0 Å². The molecule has 2 rings (SSSR count). The Labute approximate surface area is 130 Å². The van der Waals surface area contributed by atoms with Gasteiger partial charge in [0, 0.05) is 25.4 Å². The zero-order valence-corrected chi connectivity index (χ0v) is 13.1. The molecule has 1 aliphatic rings. The van der Waals surface area contributed by atoms with Crippen molar-refractivity contribution in [2.75, 3.05) is 19.7 Å². The van der Waals surface area contributed by atoms with Gasteiger partial charge in [-0.1, -0.05) is 23.7 Å². The van der Waals surface area contributed by atoms with Crippen LogP contribution in [0.25, 0.3) is 0 Å². The minimum absolute atomic E-state index is 0.140. The van der Waals surface area contributed by atoms with Crippen molar-refractivity contribution in [3.05, 3.63) is 29.3 Å². The van der Waals surface area contributed by atoms with Gasteiger partial charge in [0.15, 0.2) is 0 Å². The zero-order chi connectivity index (χ0) is 15.2. The van der Waals surface area contributed by atoms with Crippen molar-refractivity contribution in [2.45, 2.75) is 32.3 Å². The van der Waals surface area contributed by atoms with Gasteiger partial charge in [0.1, 0.15) is 5.75 Å². The highest BCUT2D eigenvalue weighted by Crippen LogP contribution is 2.23. The smallest absolute Gasteiger partial charge is 0.222 e. The molecule has 1 heterocycles. The molecule has 21 heavy (non-hydrogen) atoms. The van der Waals surface area contributed by atoms with E-state index >= 15 is 0 Å². The van der Waals surface area contributed by atoms with E-state index in [4.69, 9.17) is 16.3 Å². The number of hydrogen-bond donors (Lipinski definition) is 1. The van der Waals surface area contributed by atoms with Crippen molar-refractivity contribution in [2.24, 2.45) is 5.92 Å². The number of carbonyl (C=O) groups excluding carboxylic acids is 1. The number of amides is 1. The van der Waals surface area contributed by atoms with E-state index in [1.54, 1.807) is 13.0 Å². The Morgan fingerprint density at radius 3 is 2.95 bits per heavy atom. The third kappa shape index (κ3) is 4.61. The highest BCUT2D eigenvalue weighted by molar-refractivity contribution is 6.32. The topological polar surface area (TPSA) is 49.8 Å². The van der Waals surface area contributed by atoms with E-state index in [2.05, 4.69) is 0 Å². The number of para-hydroxylation sites is 1. The lowest BCUT2D eigenvalue weighted by atomic mass is 10.0. The van der Waals surface area contributed by atoms with Crippen molar-refractivity contribution in [1.82, 2.24) is 4.90 Å². The van der Waals surface area contributed by atoms with Crippen molar-refractivity contribution in [3.8, 4) is 5.75 Å². The molecule has 116 valence electrons. The van der Waals surface area contributed by atoms with E-state index in [1.165, 1.54) is 0 Å². The van der Waals surface area contributed by atoms with Crippen LogP contribution in [-0.4, -0.2) is 41.7 Å². The highest BCUT2D eigenvalue weighted by Gasteiger charge is 2.28. The summed E-state index contributed by atoms with van der Waals surface area (Å²) in [5.74, 6) is 1.01. The Morgan fingerprint density at radius 1 is 1.52 bits per heavy atom. The van der Waals surface area contributed by atoms with E-state index in [0.29, 0.717) is 36.8 Å². The van der Waals surface area contributed by atoms with Gasteiger partial charge in [-0.25, -0.2) is 0 Å². The molecule has 5 heteroatoms. The van der Waals surface area contributed by atoms with Crippen molar-refractivity contribution in [3.63, 3.8) is 0 Å². The Balaban J connectivity index is 1.67. The molecule has 0 bridgehead atoms. The van der Waals surface area contributed by atoms with Crippen LogP contribution < -0.4 is 4.74 Å². The zero-order valence-electron chi connectivity index (χ0n) is 12.3. The molecule has 1 aliphatic heterocycles. The lowest BCUT2D eigenvalue weighted by Gasteiger charge is -2.17. The predicted octanol–water partition coefficient (Wildman–Crippen LogP) is 2.73. The molecule has 0 saturated carbocycles. The molecule has 0 spiro atoms. The predicted molar refractivity (Wildman–Crippen MR) is 82.5 cm³/mol. The fraction of sp³-hybridized carbons (Fsp3) is 0.562. The van der Waals surface area contributed by atoms with E-state index < -0.39 is 0 Å². The summed E-state index contributed by atoms with van der Waals surface area (Å²) >= 11 is 5.99. The molecule has 1 saturated heterocycles. The maximum atomic E-state index is 12.1. The van der Waals surface area contributed by atoms with E-state index in [1.807, 2.05) is 23.1 Å². The molecule has 2 atom stereocenters. The second-order valence-electron chi connectivity index (χ2n) is 5.51. The normalized spacial score (nSPS) is 19.6. The molecular formula is C16H22ClNO3. The molecule has 1 fully saturated rings. The molecule has 4 nitrogen and oxygen atoms in total. The average molecular weight is 312 g/mol. The molecule has 0 aliphatic carbocycles. The highest BCUT2D eigenvalue weighted by atomic mass is 35.5. The first-order chi connectivity index (χ1) is 10.1. The Bertz CT molecular complexity index is 478. The fourth-order valence-corrected chi connectivity index (χ4v) is 2.72. The number of hydrogen-bond acceptors (Lipinski definition) is 3. The molecule has 1 N–H and O–H groups in total. The van der Waals surface area contributed by atoms with Gasteiger partial charge in [-0.3, -0.25) is 4.79 Å². The number of carbonyl (C=O) groups is 1. The molecule has 1 aromatic carbocycles. The summed E-state index contributed by atoms with van der Waals surface area (Å²) in [6.07, 6.45) is 1.68. The summed E-state index contributed by atoms with van der Waals surface area (Å²) in [5, 5.41) is 10.1. The Kier molecular flexibility index (Phi) is 5.88. The van der Waals surface area contributed by atoms with Gasteiger partial charge in [0.05, 0.1) is 17.7 Å². The van der Waals surface area contributed by atoms with Gasteiger partial charge in [0.2, 0.25) is 5.91 Å². The van der Waals surface area contributed by atoms with Crippen LogP contribution in [-0.2, 0) is 4.79 Å². The summed E-state index contributed by atoms with van der Waals surface area (Å²) in [4.78, 5) is 13.9. The number of aliphatic hydroxyl groups excluding tert-OH is 1. The minimum Gasteiger partial charge on any atom is -0.492 e. The average Bonchev–Trinajstić information content (AvgIpc) is 2.95. The Hall–Kier alpha value is -1.26. The van der Waals surface area contributed by atoms with Crippen LogP contribution in [0.1, 0.15) is 26.2 Å². The van der Waals surface area contributed by atoms with E-state index in [9.17, 15) is 9.90 Å². The van der Waals surface area contributed by atoms with Gasteiger partial charge in [0.25, 0.3) is 0 Å². The summed E-state index contributed by atoms with van der Waals surface area (Å²) in [7, 11) is 0. The van der Waals surface area contributed by atoms with Crippen molar-refractivity contribution < 1.29 is 14.6 Å². The van der Waals surface area contributed by atoms with Crippen molar-refractivity contribution in [1.29, 1.82) is 0 Å². The van der Waals surface area contributed by atoms with Gasteiger partial charge in [-0.15, -0.1) is 0 Å². The van der Waals surface area contributed by atoms with Crippen LogP contribution in [0, 0.1) is 5.92 Å². The van der Waals surface area contributed by atoms with Crippen LogP contribution in [0.5, 0.6) is 5.75 Å². The number of benzene rings is 1. The number of likely N-dealkylation sites (tertiary alicyclic amines) is 1. The van der Waals surface area contributed by atoms with Gasteiger partial charge in [-0.2, -0.15) is 0 Å². The first kappa shape index (κ1) is 16.1. The lowest BCUT2D eigenvalue weighted by Crippen LogP contribution is -2.30. The summed E-state index contributed by atoms with van der Waals surface area (Å²) in [5.41, 5.74) is 0. The van der Waals surface area contributed by atoms with Crippen LogP contribution in [0.3, 0.4) is 0 Å². The minimum atomic E-state index is -0.341. The monoisotopic (exact) mass is 311 g/mol. The lowest BCUT2D eigenvalue weighted by molar-refractivity contribution is -0.130. The summed E-state index contributed by atoms with van der Waals surface area (Å²) in [6.45, 7) is 3.68. The number of ether oxygens (including phenoxy) is 1. The second-order valence-corrected chi connectivity index (χ2v) is 5.92. The number of halogens is 1. The number of rotatable bonds is 6. The molecule has 0 radical (unpaired) electrons. The maximum absolute atomic E-state index is 12.1. The number of nitrogens with zero attached hydrogens (tertiary/aromatic N) is 1. The van der Waals surface area contributed by atoms with E-state index in [0.717, 1.165) is 13.0 Å². The maximum Gasteiger partial charge on any atom is 0.222 e. The van der Waals surface area contributed by atoms with E-state index in [-0.39, 0.29) is 17.9 Å². The largest absolute Gasteiger partial charge is 0.492 e. The quantitative estimate of drug-likeness (QED) is 0.822. The molecule has 2 unspecified atom stereocenters. The molecule has 1 aromatic rings. The standard InChI is InChI=1S/C16H22ClNO3/c1-12(19)13-8-9-18(11-13)16(20)7-4-10-21-15-6-3-2-5-14(15)17/h2-3,5-6,12-13,19H,4,7-11H2,1H3. The van der Waals surface area contributed by atoms with Crippen LogP contribution in [0.2, 0.25) is 5.02 Å². The van der Waals surface area contributed by atoms with Crippen molar-refractivity contribution >= 4 is 17.5 Å². The van der Waals surface area contributed by atoms with Gasteiger partial charge < -0.3 is 14.7 Å². The summed E-state index contributed by atoms with van der Waals surface area (Å²) < 4.78 is 5.57. The second kappa shape index (κ2) is 7.66. The third-order valence-corrected chi connectivity index (χ3v) is 4.20. The molecular weight excluding hydrogens is 290 g/mol. The van der Waals surface area contributed by atoms with Crippen LogP contribution >= 0.6 is 11.6 Å². The van der Waals surface area contributed by atoms with Gasteiger partial charge >= 0.3 is 0 Å². The molecule has 1 amide bonds. The van der Waals surface area contributed by atoms with Crippen LogP contribution in [0.15, 0.2) is 24.3 Å². The SMILES string of the molecule is CC(O)C1CCN(C(=O)CCCOc2ccccc2Cl)C1. The third-order valence-electron chi connectivity index (χ3n) is 3.89. The van der Waals surface area contributed by atoms with Gasteiger partial charge in [-0.05, 0) is 31.9 Å². The number of aliphatic hydroxyl groups is 1. The fourth-order valence-electron chi connectivity index (χ4n) is 2.53. The Morgan fingerprint density at radius 2 is 2.29 bits per heavy atom. The summed E-state index contributed by atoms with van der Waals surface area (Å²) in [6, 6.07) is 7.32. The molecule has 0 aromatic heterocycles.